The van der Waals surface area contributed by atoms with Gasteiger partial charge in [-0.05, 0) is 25.2 Å². The minimum atomic E-state index is 0.129. The molecule has 8 heteroatoms. The average Bonchev–Trinajstić information content (AvgIpc) is 3.33. The van der Waals surface area contributed by atoms with E-state index in [-0.39, 0.29) is 5.91 Å². The van der Waals surface area contributed by atoms with Crippen LogP contribution in [-0.2, 0) is 30.6 Å². The Hall–Kier alpha value is -2.51. The zero-order valence-corrected chi connectivity index (χ0v) is 15.2. The fourth-order valence-electron chi connectivity index (χ4n) is 3.42. The second-order valence-corrected chi connectivity index (χ2v) is 7.16. The summed E-state index contributed by atoms with van der Waals surface area (Å²) in [5.74, 6) is 2.74. The largest absolute Gasteiger partial charge is 0.368 e. The van der Waals surface area contributed by atoms with Crippen molar-refractivity contribution in [3.05, 3.63) is 29.5 Å². The normalized spacial score (nSPS) is 16.9. The second kappa shape index (κ2) is 7.39. The molecule has 8 nitrogen and oxygen atoms in total. The topological polar surface area (TPSA) is 88.8 Å². The van der Waals surface area contributed by atoms with Crippen molar-refractivity contribution in [1.82, 2.24) is 29.9 Å². The molecular weight excluding hydrogens is 330 g/mol. The van der Waals surface area contributed by atoms with E-state index in [4.69, 9.17) is 9.97 Å². The number of carbonyl (C=O) groups is 1. The van der Waals surface area contributed by atoms with Crippen LogP contribution in [0.2, 0.25) is 0 Å². The van der Waals surface area contributed by atoms with Gasteiger partial charge in [-0.3, -0.25) is 9.48 Å². The van der Waals surface area contributed by atoms with Crippen LogP contribution in [0.15, 0.2) is 12.4 Å². The van der Waals surface area contributed by atoms with Gasteiger partial charge in [-0.2, -0.15) is 0 Å². The first-order valence-electron chi connectivity index (χ1n) is 9.41. The maximum Gasteiger partial charge on any atom is 0.219 e. The Balaban J connectivity index is 1.53. The van der Waals surface area contributed by atoms with Crippen molar-refractivity contribution < 1.29 is 4.79 Å². The third-order valence-electron chi connectivity index (χ3n) is 5.11. The van der Waals surface area contributed by atoms with Crippen molar-refractivity contribution in [2.45, 2.75) is 45.6 Å². The number of carbonyl (C=O) groups excluding carboxylic acids is 1. The molecule has 0 radical (unpaired) electrons. The smallest absolute Gasteiger partial charge is 0.219 e. The summed E-state index contributed by atoms with van der Waals surface area (Å²) in [7, 11) is 0. The van der Waals surface area contributed by atoms with Gasteiger partial charge in [0, 0.05) is 51.2 Å². The fourth-order valence-corrected chi connectivity index (χ4v) is 3.42. The van der Waals surface area contributed by atoms with Crippen LogP contribution in [0.25, 0.3) is 0 Å². The molecule has 1 N–H and O–H groups in total. The lowest BCUT2D eigenvalue weighted by Crippen LogP contribution is -2.31. The monoisotopic (exact) mass is 355 g/mol. The minimum Gasteiger partial charge on any atom is -0.368 e. The average molecular weight is 355 g/mol. The van der Waals surface area contributed by atoms with Gasteiger partial charge < -0.3 is 10.2 Å². The van der Waals surface area contributed by atoms with Crippen LogP contribution in [0.3, 0.4) is 0 Å². The molecule has 0 bridgehead atoms. The summed E-state index contributed by atoms with van der Waals surface area (Å²) < 4.78 is 1.80. The van der Waals surface area contributed by atoms with E-state index in [0.29, 0.717) is 0 Å². The van der Waals surface area contributed by atoms with Crippen LogP contribution in [0.5, 0.6) is 0 Å². The fraction of sp³-hybridized carbons (Fsp3) is 0.611. The molecule has 1 aliphatic heterocycles. The first-order valence-corrected chi connectivity index (χ1v) is 9.41. The highest BCUT2D eigenvalue weighted by molar-refractivity contribution is 5.73. The highest BCUT2D eigenvalue weighted by atomic mass is 16.2. The molecule has 4 rings (SSSR count). The zero-order valence-electron chi connectivity index (χ0n) is 15.2. The molecule has 0 aromatic carbocycles. The number of aromatic nitrogens is 5. The zero-order chi connectivity index (χ0) is 17.9. The van der Waals surface area contributed by atoms with Gasteiger partial charge in [0.15, 0.2) is 0 Å². The van der Waals surface area contributed by atoms with Crippen LogP contribution >= 0.6 is 0 Å². The third kappa shape index (κ3) is 4.00. The van der Waals surface area contributed by atoms with Crippen molar-refractivity contribution in [2.75, 3.05) is 25.0 Å². The molecule has 0 atom stereocenters. The molecule has 1 fully saturated rings. The third-order valence-corrected chi connectivity index (χ3v) is 5.11. The Kier molecular flexibility index (Phi) is 4.81. The van der Waals surface area contributed by atoms with Crippen LogP contribution < -0.4 is 5.32 Å². The van der Waals surface area contributed by atoms with Crippen molar-refractivity contribution >= 4 is 11.7 Å². The van der Waals surface area contributed by atoms with E-state index in [9.17, 15) is 4.79 Å². The van der Waals surface area contributed by atoms with Gasteiger partial charge >= 0.3 is 0 Å². The molecule has 1 saturated carbocycles. The molecule has 2 aromatic heterocycles. The molecule has 0 spiro atoms. The summed E-state index contributed by atoms with van der Waals surface area (Å²) in [5.41, 5.74) is 2.26. The summed E-state index contributed by atoms with van der Waals surface area (Å²) in [5, 5.41) is 11.3. The number of hydrogen-bond acceptors (Lipinski definition) is 6. The lowest BCUT2D eigenvalue weighted by atomic mass is 10.1. The second-order valence-electron chi connectivity index (χ2n) is 7.16. The van der Waals surface area contributed by atoms with Gasteiger partial charge in [-0.1, -0.05) is 5.21 Å². The highest BCUT2D eigenvalue weighted by Crippen LogP contribution is 2.32. The summed E-state index contributed by atoms with van der Waals surface area (Å²) in [6, 6.07) is 0. The first-order chi connectivity index (χ1) is 12.7. The summed E-state index contributed by atoms with van der Waals surface area (Å²) in [6.45, 7) is 4.56. The lowest BCUT2D eigenvalue weighted by Gasteiger charge is -2.17. The summed E-state index contributed by atoms with van der Waals surface area (Å²) >= 11 is 0. The quantitative estimate of drug-likeness (QED) is 0.834. The Morgan fingerprint density at radius 2 is 2.12 bits per heavy atom. The Morgan fingerprint density at radius 3 is 2.85 bits per heavy atom. The molecule has 0 unspecified atom stereocenters. The predicted molar refractivity (Wildman–Crippen MR) is 96.6 cm³/mol. The van der Waals surface area contributed by atoms with E-state index < -0.39 is 0 Å². The van der Waals surface area contributed by atoms with Gasteiger partial charge in [-0.15, -0.1) is 5.10 Å². The van der Waals surface area contributed by atoms with Gasteiger partial charge in [0.2, 0.25) is 5.91 Å². The van der Waals surface area contributed by atoms with Gasteiger partial charge in [0.25, 0.3) is 0 Å². The number of fused-ring (bicyclic) bond motifs is 1. The number of nitrogens with one attached hydrogen (secondary N) is 1. The molecule has 2 aromatic rings. The van der Waals surface area contributed by atoms with Crippen LogP contribution in [0.4, 0.5) is 5.82 Å². The maximum absolute atomic E-state index is 11.8. The van der Waals surface area contributed by atoms with E-state index in [1.54, 1.807) is 17.8 Å². The molecule has 3 heterocycles. The molecule has 0 saturated heterocycles. The number of nitrogens with zero attached hydrogens (tertiary/aromatic N) is 6. The Labute approximate surface area is 153 Å². The van der Waals surface area contributed by atoms with E-state index in [0.717, 1.165) is 74.3 Å². The van der Waals surface area contributed by atoms with Crippen molar-refractivity contribution in [3.8, 4) is 0 Å². The predicted octanol–water partition coefficient (Wildman–Crippen LogP) is 1.08. The molecular formula is C18H25N7O. The molecule has 1 amide bonds. The lowest BCUT2D eigenvalue weighted by molar-refractivity contribution is -0.128. The maximum atomic E-state index is 11.8. The van der Waals surface area contributed by atoms with Crippen molar-refractivity contribution in [1.29, 1.82) is 0 Å². The first kappa shape index (κ1) is 16.9. The standard InChI is InChI=1S/C18H25N7O/c1-13(26)24-8-4-15-16(5-9-24)21-17(12-14-2-3-14)22-18(15)19-6-10-25-11-7-20-23-25/h7,11,14H,2-6,8-10,12H2,1H3,(H,19,21,22). The minimum absolute atomic E-state index is 0.129. The van der Waals surface area contributed by atoms with Gasteiger partial charge in [-0.25, -0.2) is 9.97 Å². The van der Waals surface area contributed by atoms with Gasteiger partial charge in [0.1, 0.15) is 11.6 Å². The Morgan fingerprint density at radius 1 is 1.27 bits per heavy atom. The molecule has 26 heavy (non-hydrogen) atoms. The highest BCUT2D eigenvalue weighted by Gasteiger charge is 2.26. The van der Waals surface area contributed by atoms with Crippen LogP contribution in [0, 0.1) is 5.92 Å². The van der Waals surface area contributed by atoms with E-state index in [1.807, 2.05) is 11.1 Å². The number of anilines is 1. The molecule has 138 valence electrons. The Bertz CT molecular complexity index is 770. The van der Waals surface area contributed by atoms with Crippen molar-refractivity contribution in [3.63, 3.8) is 0 Å². The van der Waals surface area contributed by atoms with Crippen molar-refractivity contribution in [2.24, 2.45) is 5.92 Å². The van der Waals surface area contributed by atoms with E-state index in [1.165, 1.54) is 12.8 Å². The SMILES string of the molecule is CC(=O)N1CCc2nc(CC3CC3)nc(NCCn3ccnn3)c2CC1. The van der Waals surface area contributed by atoms with Crippen LogP contribution in [-0.4, -0.2) is 55.4 Å². The number of hydrogen-bond donors (Lipinski definition) is 1. The summed E-state index contributed by atoms with van der Waals surface area (Å²) in [6.07, 6.45) is 8.66. The van der Waals surface area contributed by atoms with E-state index in [2.05, 4.69) is 15.6 Å². The van der Waals surface area contributed by atoms with Crippen LogP contribution in [0.1, 0.15) is 36.8 Å². The van der Waals surface area contributed by atoms with Gasteiger partial charge in [0.05, 0.1) is 18.4 Å². The molecule has 2 aliphatic rings. The summed E-state index contributed by atoms with van der Waals surface area (Å²) in [4.78, 5) is 23.3. The molecule has 1 aliphatic carbocycles. The number of amides is 1. The van der Waals surface area contributed by atoms with E-state index >= 15 is 0 Å². The number of rotatable bonds is 6.